The molecular weight excluding hydrogens is 316 g/mol. The van der Waals surface area contributed by atoms with E-state index in [-0.39, 0.29) is 12.5 Å². The van der Waals surface area contributed by atoms with Crippen LogP contribution in [0.2, 0.25) is 0 Å². The van der Waals surface area contributed by atoms with E-state index in [1.807, 2.05) is 0 Å². The first-order chi connectivity index (χ1) is 11.5. The third kappa shape index (κ3) is 3.68. The fourth-order valence-corrected chi connectivity index (χ4v) is 2.54. The highest BCUT2D eigenvalue weighted by atomic mass is 19.1. The summed E-state index contributed by atoms with van der Waals surface area (Å²) in [4.78, 5) is 23.4. The van der Waals surface area contributed by atoms with Gasteiger partial charge >= 0.3 is 6.03 Å². The lowest BCUT2D eigenvalue weighted by molar-refractivity contribution is 0.0965. The summed E-state index contributed by atoms with van der Waals surface area (Å²) in [5, 5.41) is 7.92. The summed E-state index contributed by atoms with van der Waals surface area (Å²) in [6.45, 7) is 0.713. The maximum absolute atomic E-state index is 13.1. The molecule has 0 unspecified atom stereocenters. The molecule has 0 saturated heterocycles. The molecule has 0 spiro atoms. The molecule has 1 aliphatic heterocycles. The molecule has 0 fully saturated rings. The topological polar surface area (TPSA) is 70.2 Å². The number of urea groups is 1. The zero-order valence-electron chi connectivity index (χ0n) is 12.7. The molecule has 0 aromatic heterocycles. The van der Waals surface area contributed by atoms with Crippen LogP contribution in [0.4, 0.5) is 19.3 Å². The van der Waals surface area contributed by atoms with Crippen LogP contribution in [0.25, 0.3) is 0 Å². The summed E-state index contributed by atoms with van der Waals surface area (Å²) in [5.74, 6) is -1.46. The van der Waals surface area contributed by atoms with Crippen molar-refractivity contribution in [3.8, 4) is 0 Å². The van der Waals surface area contributed by atoms with E-state index in [4.69, 9.17) is 0 Å². The third-order valence-electron chi connectivity index (χ3n) is 3.67. The van der Waals surface area contributed by atoms with Gasteiger partial charge in [-0.25, -0.2) is 13.6 Å². The van der Waals surface area contributed by atoms with Gasteiger partial charge in [-0.05, 0) is 41.8 Å². The van der Waals surface area contributed by atoms with Crippen molar-refractivity contribution in [2.45, 2.75) is 13.0 Å². The maximum Gasteiger partial charge on any atom is 0.319 e. The Bertz CT molecular complexity index is 788. The van der Waals surface area contributed by atoms with E-state index in [9.17, 15) is 18.4 Å². The summed E-state index contributed by atoms with van der Waals surface area (Å²) in [5.41, 5.74) is 2.39. The van der Waals surface area contributed by atoms with Crippen molar-refractivity contribution < 1.29 is 18.4 Å². The molecule has 5 nitrogen and oxygen atoms in total. The normalized spacial score (nSPS) is 12.5. The van der Waals surface area contributed by atoms with Crippen LogP contribution in [0, 0.1) is 11.6 Å². The quantitative estimate of drug-likeness (QED) is 0.806. The number of carbonyl (C=O) groups excluding carboxylic acids is 2. The van der Waals surface area contributed by atoms with Crippen LogP contribution in [0.15, 0.2) is 36.4 Å². The van der Waals surface area contributed by atoms with Crippen LogP contribution in [-0.2, 0) is 13.0 Å². The van der Waals surface area contributed by atoms with Gasteiger partial charge in [0.15, 0.2) is 0 Å². The predicted octanol–water partition coefficient (Wildman–Crippen LogP) is 2.57. The van der Waals surface area contributed by atoms with Crippen molar-refractivity contribution in [3.05, 3.63) is 64.7 Å². The number of benzene rings is 2. The zero-order valence-corrected chi connectivity index (χ0v) is 12.7. The molecule has 0 radical (unpaired) electrons. The molecule has 0 saturated carbocycles. The van der Waals surface area contributed by atoms with Crippen LogP contribution in [-0.4, -0.2) is 18.5 Å². The van der Waals surface area contributed by atoms with Gasteiger partial charge in [-0.3, -0.25) is 4.79 Å². The summed E-state index contributed by atoms with van der Waals surface area (Å²) in [7, 11) is 0. The fraction of sp³-hybridized carbons (Fsp3) is 0.176. The average molecular weight is 331 g/mol. The molecule has 1 heterocycles. The molecule has 7 heteroatoms. The lowest BCUT2D eigenvalue weighted by Crippen LogP contribution is -2.30. The molecule has 1 aliphatic rings. The van der Waals surface area contributed by atoms with Crippen molar-refractivity contribution in [1.82, 2.24) is 10.6 Å². The SMILES string of the molecule is O=C(NCCc1cc(F)cc(F)c1)Nc1ccc2c(c1)C(=O)NC2. The standard InChI is InChI=1S/C17H15F2N3O2/c18-12-5-10(6-13(19)7-12)3-4-20-17(24)22-14-2-1-11-9-21-16(23)15(11)8-14/h1-2,5-8H,3-4,9H2,(H,21,23)(H2,20,22,24). The monoisotopic (exact) mass is 331 g/mol. The van der Waals surface area contributed by atoms with Gasteiger partial charge < -0.3 is 16.0 Å². The molecule has 3 rings (SSSR count). The van der Waals surface area contributed by atoms with Crippen LogP contribution in [0.1, 0.15) is 21.5 Å². The van der Waals surface area contributed by atoms with E-state index >= 15 is 0 Å². The number of fused-ring (bicyclic) bond motifs is 1. The van der Waals surface area contributed by atoms with Crippen molar-refractivity contribution in [2.75, 3.05) is 11.9 Å². The van der Waals surface area contributed by atoms with E-state index < -0.39 is 17.7 Å². The second-order valence-corrected chi connectivity index (χ2v) is 5.46. The van der Waals surface area contributed by atoms with Gasteiger partial charge in [-0.15, -0.1) is 0 Å². The number of hydrogen-bond donors (Lipinski definition) is 3. The highest BCUT2D eigenvalue weighted by Gasteiger charge is 2.18. The lowest BCUT2D eigenvalue weighted by Gasteiger charge is -2.09. The van der Waals surface area contributed by atoms with Gasteiger partial charge in [0.2, 0.25) is 0 Å². The Kier molecular flexibility index (Phi) is 4.41. The van der Waals surface area contributed by atoms with Gasteiger partial charge in [0.25, 0.3) is 5.91 Å². The van der Waals surface area contributed by atoms with Gasteiger partial charge in [0.1, 0.15) is 11.6 Å². The molecule has 3 amide bonds. The van der Waals surface area contributed by atoms with Gasteiger partial charge in [0.05, 0.1) is 0 Å². The number of anilines is 1. The highest BCUT2D eigenvalue weighted by molar-refractivity contribution is 6.00. The van der Waals surface area contributed by atoms with E-state index in [1.165, 1.54) is 12.1 Å². The summed E-state index contributed by atoms with van der Waals surface area (Å²) >= 11 is 0. The Hall–Kier alpha value is -2.96. The van der Waals surface area contributed by atoms with Crippen LogP contribution >= 0.6 is 0 Å². The highest BCUT2D eigenvalue weighted by Crippen LogP contribution is 2.20. The number of nitrogens with one attached hydrogen (secondary N) is 3. The van der Waals surface area contributed by atoms with E-state index in [0.29, 0.717) is 29.8 Å². The van der Waals surface area contributed by atoms with Gasteiger partial charge in [-0.2, -0.15) is 0 Å². The minimum Gasteiger partial charge on any atom is -0.348 e. The first-order valence-corrected chi connectivity index (χ1v) is 7.42. The Balaban J connectivity index is 1.53. The van der Waals surface area contributed by atoms with Crippen LogP contribution in [0.3, 0.4) is 0 Å². The number of carbonyl (C=O) groups is 2. The largest absolute Gasteiger partial charge is 0.348 e. The molecule has 3 N–H and O–H groups in total. The molecular formula is C17H15F2N3O2. The van der Waals surface area contributed by atoms with Crippen molar-refractivity contribution >= 4 is 17.6 Å². The van der Waals surface area contributed by atoms with Crippen molar-refractivity contribution in [2.24, 2.45) is 0 Å². The Labute approximate surface area is 137 Å². The molecule has 0 aliphatic carbocycles. The zero-order chi connectivity index (χ0) is 17.1. The van der Waals surface area contributed by atoms with Crippen molar-refractivity contribution in [3.63, 3.8) is 0 Å². The second kappa shape index (κ2) is 6.66. The summed E-state index contributed by atoms with van der Waals surface area (Å²) < 4.78 is 26.1. The third-order valence-corrected chi connectivity index (χ3v) is 3.67. The van der Waals surface area contributed by atoms with E-state index in [1.54, 1.807) is 18.2 Å². The minimum atomic E-state index is -0.647. The number of hydrogen-bond acceptors (Lipinski definition) is 2. The average Bonchev–Trinajstić information content (AvgIpc) is 2.87. The van der Waals surface area contributed by atoms with Gasteiger partial charge in [0, 0.05) is 30.4 Å². The minimum absolute atomic E-state index is 0.165. The predicted molar refractivity (Wildman–Crippen MR) is 84.7 cm³/mol. The Morgan fingerprint density at radius 3 is 2.62 bits per heavy atom. The molecule has 0 bridgehead atoms. The Morgan fingerprint density at radius 1 is 1.12 bits per heavy atom. The van der Waals surface area contributed by atoms with Crippen LogP contribution in [0.5, 0.6) is 0 Å². The molecule has 124 valence electrons. The van der Waals surface area contributed by atoms with Gasteiger partial charge in [-0.1, -0.05) is 6.07 Å². The number of amides is 3. The molecule has 0 atom stereocenters. The number of rotatable bonds is 4. The van der Waals surface area contributed by atoms with Crippen LogP contribution < -0.4 is 16.0 Å². The Morgan fingerprint density at radius 2 is 1.88 bits per heavy atom. The van der Waals surface area contributed by atoms with E-state index in [2.05, 4.69) is 16.0 Å². The number of halogens is 2. The first-order valence-electron chi connectivity index (χ1n) is 7.42. The fourth-order valence-electron chi connectivity index (χ4n) is 2.54. The lowest BCUT2D eigenvalue weighted by atomic mass is 10.1. The van der Waals surface area contributed by atoms with E-state index in [0.717, 1.165) is 11.6 Å². The first kappa shape index (κ1) is 15.9. The summed E-state index contributed by atoms with van der Waals surface area (Å²) in [6, 6.07) is 7.89. The molecule has 2 aromatic rings. The summed E-state index contributed by atoms with van der Waals surface area (Å²) in [6.07, 6.45) is 0.300. The van der Waals surface area contributed by atoms with Crippen molar-refractivity contribution in [1.29, 1.82) is 0 Å². The molecule has 24 heavy (non-hydrogen) atoms. The maximum atomic E-state index is 13.1. The smallest absolute Gasteiger partial charge is 0.319 e. The second-order valence-electron chi connectivity index (χ2n) is 5.46. The molecule has 2 aromatic carbocycles.